The smallest absolute Gasteiger partial charge is 0.329 e. The average molecular weight is 372 g/mol. The molecule has 0 aliphatic heterocycles. The minimum Gasteiger partial charge on any atom is -0.464 e. The number of benzene rings is 1. The van der Waals surface area contributed by atoms with Crippen LogP contribution in [0.15, 0.2) is 42.6 Å². The summed E-state index contributed by atoms with van der Waals surface area (Å²) >= 11 is 0. The van der Waals surface area contributed by atoms with E-state index in [-0.39, 0.29) is 29.4 Å². The Balaban J connectivity index is 2.50. The van der Waals surface area contributed by atoms with Crippen LogP contribution in [0.5, 0.6) is 0 Å². The third-order valence-corrected chi connectivity index (χ3v) is 3.84. The van der Waals surface area contributed by atoms with Crippen molar-refractivity contribution in [1.82, 2.24) is 4.98 Å². The molecule has 1 heterocycles. The van der Waals surface area contributed by atoms with Gasteiger partial charge in [-0.3, -0.25) is 19.8 Å². The Hall–Kier alpha value is -3.49. The van der Waals surface area contributed by atoms with Crippen LogP contribution in [0.2, 0.25) is 0 Å². The standard InChI is InChI=1S/C18H20N4O5/c1-4-27-18(24)12(2)21(16-7-5-6-10-20-16)17(23)13-8-9-14(19-3)15(11-13)22(25)26/h5-12,19H,4H2,1-3H3/t12-/m0/s1. The number of esters is 1. The third-order valence-electron chi connectivity index (χ3n) is 3.84. The van der Waals surface area contributed by atoms with Gasteiger partial charge in [-0.25, -0.2) is 9.78 Å². The molecule has 0 aliphatic rings. The van der Waals surface area contributed by atoms with Crippen LogP contribution in [0.1, 0.15) is 24.2 Å². The fraction of sp³-hybridized carbons (Fsp3) is 0.278. The highest BCUT2D eigenvalue weighted by molar-refractivity contribution is 6.09. The maximum absolute atomic E-state index is 13.1. The molecule has 9 nitrogen and oxygen atoms in total. The maximum atomic E-state index is 13.1. The van der Waals surface area contributed by atoms with E-state index in [0.717, 1.165) is 4.90 Å². The lowest BCUT2D eigenvalue weighted by atomic mass is 10.1. The summed E-state index contributed by atoms with van der Waals surface area (Å²) in [5.41, 5.74) is 0.0926. The first-order chi connectivity index (χ1) is 12.9. The zero-order valence-electron chi connectivity index (χ0n) is 15.2. The van der Waals surface area contributed by atoms with Crippen LogP contribution in [0.25, 0.3) is 0 Å². The van der Waals surface area contributed by atoms with Crippen LogP contribution in [0, 0.1) is 10.1 Å². The van der Waals surface area contributed by atoms with Gasteiger partial charge in [-0.15, -0.1) is 0 Å². The number of amides is 1. The molecule has 0 spiro atoms. The number of nitrogens with one attached hydrogen (secondary N) is 1. The summed E-state index contributed by atoms with van der Waals surface area (Å²) in [4.78, 5) is 41.3. The first kappa shape index (κ1) is 19.8. The number of nitro groups is 1. The molecule has 2 rings (SSSR count). The molecule has 0 unspecified atom stereocenters. The number of carbonyl (C=O) groups excluding carboxylic acids is 2. The molecule has 2 aromatic rings. The lowest BCUT2D eigenvalue weighted by molar-refractivity contribution is -0.384. The molecule has 1 amide bonds. The Kier molecular flexibility index (Phi) is 6.42. The van der Waals surface area contributed by atoms with Crippen molar-refractivity contribution in [3.8, 4) is 0 Å². The summed E-state index contributed by atoms with van der Waals surface area (Å²) in [7, 11) is 1.55. The normalized spacial score (nSPS) is 11.4. The van der Waals surface area contributed by atoms with E-state index in [0.29, 0.717) is 0 Å². The van der Waals surface area contributed by atoms with Crippen molar-refractivity contribution in [3.63, 3.8) is 0 Å². The first-order valence-electron chi connectivity index (χ1n) is 8.28. The Morgan fingerprint density at radius 1 is 1.33 bits per heavy atom. The molecule has 27 heavy (non-hydrogen) atoms. The predicted octanol–water partition coefficient (Wildman–Crippen LogP) is 2.63. The van der Waals surface area contributed by atoms with Gasteiger partial charge in [-0.05, 0) is 38.1 Å². The third kappa shape index (κ3) is 4.38. The van der Waals surface area contributed by atoms with Crippen LogP contribution in [0.4, 0.5) is 17.2 Å². The monoisotopic (exact) mass is 372 g/mol. The van der Waals surface area contributed by atoms with Crippen molar-refractivity contribution in [2.45, 2.75) is 19.9 Å². The molecule has 9 heteroatoms. The first-order valence-corrected chi connectivity index (χ1v) is 8.28. The number of hydrogen-bond donors (Lipinski definition) is 1. The molecule has 0 saturated carbocycles. The molecule has 0 radical (unpaired) electrons. The van der Waals surface area contributed by atoms with E-state index < -0.39 is 22.8 Å². The molecule has 142 valence electrons. The van der Waals surface area contributed by atoms with E-state index >= 15 is 0 Å². The summed E-state index contributed by atoms with van der Waals surface area (Å²) in [5, 5.41) is 14.0. The van der Waals surface area contributed by atoms with Crippen molar-refractivity contribution >= 4 is 29.1 Å². The van der Waals surface area contributed by atoms with E-state index in [4.69, 9.17) is 4.74 Å². The Bertz CT molecular complexity index is 841. The second kappa shape index (κ2) is 8.75. The summed E-state index contributed by atoms with van der Waals surface area (Å²) in [6, 6.07) is 8.02. The summed E-state index contributed by atoms with van der Waals surface area (Å²) < 4.78 is 5.01. The lowest BCUT2D eigenvalue weighted by Gasteiger charge is -2.27. The van der Waals surface area contributed by atoms with Gasteiger partial charge in [0.1, 0.15) is 17.5 Å². The number of pyridine rings is 1. The number of anilines is 2. The zero-order chi connectivity index (χ0) is 20.0. The molecule has 0 aliphatic carbocycles. The van der Waals surface area contributed by atoms with Crippen molar-refractivity contribution < 1.29 is 19.2 Å². The van der Waals surface area contributed by atoms with E-state index in [9.17, 15) is 19.7 Å². The number of nitrogens with zero attached hydrogens (tertiary/aromatic N) is 3. The second-order valence-corrected chi connectivity index (χ2v) is 5.53. The molecular weight excluding hydrogens is 352 g/mol. The Labute approximate surface area is 156 Å². The van der Waals surface area contributed by atoms with Crippen LogP contribution >= 0.6 is 0 Å². The largest absolute Gasteiger partial charge is 0.464 e. The quantitative estimate of drug-likeness (QED) is 0.451. The number of carbonyl (C=O) groups is 2. The molecule has 1 aromatic heterocycles. The van der Waals surface area contributed by atoms with Crippen molar-refractivity contribution in [2.75, 3.05) is 23.9 Å². The molecule has 1 atom stereocenters. The van der Waals surface area contributed by atoms with Gasteiger partial charge in [0.15, 0.2) is 0 Å². The second-order valence-electron chi connectivity index (χ2n) is 5.53. The van der Waals surface area contributed by atoms with Crippen molar-refractivity contribution in [3.05, 3.63) is 58.3 Å². The van der Waals surface area contributed by atoms with Gasteiger partial charge in [-0.2, -0.15) is 0 Å². The van der Waals surface area contributed by atoms with Gasteiger partial charge in [0.2, 0.25) is 0 Å². The van der Waals surface area contributed by atoms with E-state index in [2.05, 4.69) is 10.3 Å². The molecule has 0 saturated heterocycles. The molecular formula is C18H20N4O5. The number of aromatic nitrogens is 1. The van der Waals surface area contributed by atoms with Crippen LogP contribution in [0.3, 0.4) is 0 Å². The summed E-state index contributed by atoms with van der Waals surface area (Å²) in [5.74, 6) is -0.957. The van der Waals surface area contributed by atoms with E-state index in [1.54, 1.807) is 32.2 Å². The van der Waals surface area contributed by atoms with Gasteiger partial charge in [0.05, 0.1) is 11.5 Å². The fourth-order valence-corrected chi connectivity index (χ4v) is 2.51. The molecule has 0 fully saturated rings. The number of hydrogen-bond acceptors (Lipinski definition) is 7. The van der Waals surface area contributed by atoms with Gasteiger partial charge in [0, 0.05) is 24.9 Å². The lowest BCUT2D eigenvalue weighted by Crippen LogP contribution is -2.44. The highest BCUT2D eigenvalue weighted by Crippen LogP contribution is 2.27. The van der Waals surface area contributed by atoms with Gasteiger partial charge >= 0.3 is 5.97 Å². The molecule has 1 N–H and O–H groups in total. The van der Waals surface area contributed by atoms with Crippen molar-refractivity contribution in [1.29, 1.82) is 0 Å². The van der Waals surface area contributed by atoms with Crippen molar-refractivity contribution in [2.24, 2.45) is 0 Å². The van der Waals surface area contributed by atoms with Crippen LogP contribution in [-0.4, -0.2) is 41.5 Å². The minimum atomic E-state index is -0.963. The highest BCUT2D eigenvalue weighted by Gasteiger charge is 2.31. The van der Waals surface area contributed by atoms with E-state index in [1.807, 2.05) is 0 Å². The predicted molar refractivity (Wildman–Crippen MR) is 99.8 cm³/mol. The zero-order valence-corrected chi connectivity index (χ0v) is 15.2. The summed E-state index contributed by atoms with van der Waals surface area (Å²) in [6.07, 6.45) is 1.49. The molecule has 0 bridgehead atoms. The van der Waals surface area contributed by atoms with Gasteiger partial charge in [0.25, 0.3) is 11.6 Å². The van der Waals surface area contributed by atoms with Gasteiger partial charge in [-0.1, -0.05) is 6.07 Å². The minimum absolute atomic E-state index is 0.0579. The average Bonchev–Trinajstić information content (AvgIpc) is 2.68. The van der Waals surface area contributed by atoms with Gasteiger partial charge < -0.3 is 10.1 Å². The maximum Gasteiger partial charge on any atom is 0.329 e. The molecule has 1 aromatic carbocycles. The Morgan fingerprint density at radius 3 is 2.63 bits per heavy atom. The summed E-state index contributed by atoms with van der Waals surface area (Å²) in [6.45, 7) is 3.34. The van der Waals surface area contributed by atoms with E-state index in [1.165, 1.54) is 31.3 Å². The SMILES string of the molecule is CCOC(=O)[C@H](C)N(C(=O)c1ccc(NC)c([N+](=O)[O-])c1)c1ccccn1. The number of nitro benzene ring substituents is 1. The Morgan fingerprint density at radius 2 is 2.07 bits per heavy atom. The topological polar surface area (TPSA) is 115 Å². The highest BCUT2D eigenvalue weighted by atomic mass is 16.6. The number of rotatable bonds is 7. The van der Waals surface area contributed by atoms with Crippen LogP contribution < -0.4 is 10.2 Å². The van der Waals surface area contributed by atoms with Crippen LogP contribution in [-0.2, 0) is 9.53 Å². The number of ether oxygens (including phenoxy) is 1. The fourth-order valence-electron chi connectivity index (χ4n) is 2.51.